The zero-order valence-corrected chi connectivity index (χ0v) is 13.3. The largest absolute Gasteiger partial charge is 0.393 e. The molecule has 0 bridgehead atoms. The average Bonchev–Trinajstić information content (AvgIpc) is 3.00. The number of aromatic nitrogens is 2. The highest BCUT2D eigenvalue weighted by molar-refractivity contribution is 6.31. The molecule has 1 fully saturated rings. The first-order valence-corrected chi connectivity index (χ1v) is 7.97. The first-order chi connectivity index (χ1) is 10.1. The van der Waals surface area contributed by atoms with Crippen molar-refractivity contribution in [1.29, 1.82) is 0 Å². The van der Waals surface area contributed by atoms with Crippen LogP contribution in [0.5, 0.6) is 0 Å². The van der Waals surface area contributed by atoms with E-state index in [2.05, 4.69) is 16.8 Å². The van der Waals surface area contributed by atoms with E-state index in [1.807, 2.05) is 25.2 Å². The van der Waals surface area contributed by atoms with Crippen LogP contribution in [0.15, 0.2) is 18.2 Å². The van der Waals surface area contributed by atoms with Crippen LogP contribution in [0.1, 0.15) is 38.1 Å². The van der Waals surface area contributed by atoms with Crippen molar-refractivity contribution in [3.63, 3.8) is 0 Å². The van der Waals surface area contributed by atoms with E-state index in [1.165, 1.54) is 0 Å². The Morgan fingerprint density at radius 2 is 2.29 bits per heavy atom. The van der Waals surface area contributed by atoms with Crippen molar-refractivity contribution in [2.45, 2.75) is 38.3 Å². The smallest absolute Gasteiger partial charge is 0.126 e. The number of fused-ring (bicyclic) bond motifs is 1. The Labute approximate surface area is 130 Å². The first kappa shape index (κ1) is 14.8. The number of nitrogens with zero attached hydrogens (tertiary/aromatic N) is 2. The van der Waals surface area contributed by atoms with Crippen molar-refractivity contribution in [1.82, 2.24) is 14.9 Å². The fourth-order valence-corrected chi connectivity index (χ4v) is 3.42. The number of rotatable bonds is 4. The van der Waals surface area contributed by atoms with E-state index in [0.29, 0.717) is 10.9 Å². The lowest BCUT2D eigenvalue weighted by molar-refractivity contribution is 0.130. The minimum atomic E-state index is -0.149. The van der Waals surface area contributed by atoms with Crippen molar-refractivity contribution in [3.05, 3.63) is 29.0 Å². The number of aliphatic hydroxyl groups is 1. The third-order valence-corrected chi connectivity index (χ3v) is 4.81. The van der Waals surface area contributed by atoms with Gasteiger partial charge in [0.15, 0.2) is 0 Å². The molecule has 1 aliphatic rings. The van der Waals surface area contributed by atoms with E-state index in [-0.39, 0.29) is 12.1 Å². The predicted octanol–water partition coefficient (Wildman–Crippen LogP) is 3.04. The minimum Gasteiger partial charge on any atom is -0.393 e. The molecular formula is C16H22ClN3O. The second-order valence-corrected chi connectivity index (χ2v) is 6.49. The van der Waals surface area contributed by atoms with Crippen LogP contribution in [0.3, 0.4) is 0 Å². The summed E-state index contributed by atoms with van der Waals surface area (Å²) in [5, 5.41) is 14.1. The van der Waals surface area contributed by atoms with E-state index < -0.39 is 0 Å². The Morgan fingerprint density at radius 3 is 3.00 bits per heavy atom. The summed E-state index contributed by atoms with van der Waals surface area (Å²) in [6, 6.07) is 5.94. The van der Waals surface area contributed by atoms with Crippen molar-refractivity contribution >= 4 is 22.6 Å². The Balaban J connectivity index is 1.75. The number of benzene rings is 1. The molecule has 3 atom stereocenters. The molecule has 0 amide bonds. The molecule has 1 aliphatic carbocycles. The Bertz CT molecular complexity index is 640. The summed E-state index contributed by atoms with van der Waals surface area (Å²) in [4.78, 5) is 4.69. The van der Waals surface area contributed by atoms with Gasteiger partial charge in [-0.2, -0.15) is 0 Å². The number of aryl methyl sites for hydroxylation is 1. The molecule has 114 valence electrons. The molecule has 0 spiro atoms. The molecule has 0 unspecified atom stereocenters. The van der Waals surface area contributed by atoms with Crippen molar-refractivity contribution < 1.29 is 5.11 Å². The molecular weight excluding hydrogens is 286 g/mol. The normalized spacial score (nSPS) is 23.8. The van der Waals surface area contributed by atoms with Crippen LogP contribution in [-0.4, -0.2) is 27.3 Å². The molecule has 1 saturated carbocycles. The number of nitrogens with one attached hydrogen (secondary N) is 1. The molecule has 1 heterocycles. The van der Waals surface area contributed by atoms with Crippen LogP contribution >= 0.6 is 11.6 Å². The topological polar surface area (TPSA) is 50.1 Å². The molecule has 2 aromatic rings. The van der Waals surface area contributed by atoms with E-state index in [4.69, 9.17) is 16.6 Å². The Morgan fingerprint density at radius 1 is 1.48 bits per heavy atom. The van der Waals surface area contributed by atoms with Gasteiger partial charge < -0.3 is 15.0 Å². The number of hydrogen-bond acceptors (Lipinski definition) is 3. The fraction of sp³-hybridized carbons (Fsp3) is 0.562. The molecule has 3 rings (SSSR count). The molecule has 0 saturated heterocycles. The maximum absolute atomic E-state index is 9.90. The molecule has 1 aromatic carbocycles. The summed E-state index contributed by atoms with van der Waals surface area (Å²) < 4.78 is 2.11. The summed E-state index contributed by atoms with van der Waals surface area (Å²) in [5.41, 5.74) is 2.01. The number of imidazole rings is 1. The molecule has 21 heavy (non-hydrogen) atoms. The van der Waals surface area contributed by atoms with Crippen LogP contribution in [-0.2, 0) is 7.05 Å². The highest BCUT2D eigenvalue weighted by Crippen LogP contribution is 2.26. The Kier molecular flexibility index (Phi) is 4.20. The lowest BCUT2D eigenvalue weighted by atomic mass is 10.1. The van der Waals surface area contributed by atoms with Gasteiger partial charge in [0.05, 0.1) is 23.2 Å². The maximum Gasteiger partial charge on any atom is 0.126 e. The van der Waals surface area contributed by atoms with Gasteiger partial charge in [0, 0.05) is 18.6 Å². The van der Waals surface area contributed by atoms with Crippen molar-refractivity contribution in [2.75, 3.05) is 6.54 Å². The summed E-state index contributed by atoms with van der Waals surface area (Å²) in [6.07, 6.45) is 3.03. The van der Waals surface area contributed by atoms with Gasteiger partial charge in [0.2, 0.25) is 0 Å². The van der Waals surface area contributed by atoms with Gasteiger partial charge in [-0.1, -0.05) is 18.0 Å². The Hall–Kier alpha value is -1.10. The predicted molar refractivity (Wildman–Crippen MR) is 85.5 cm³/mol. The first-order valence-electron chi connectivity index (χ1n) is 7.59. The van der Waals surface area contributed by atoms with Crippen LogP contribution in [0, 0.1) is 5.92 Å². The SMILES string of the molecule is C[C@H](NC[C@H]1CCC[C@@H]1O)c1nc2cc(Cl)ccc2n1C. The third kappa shape index (κ3) is 2.93. The second-order valence-electron chi connectivity index (χ2n) is 6.05. The van der Waals surface area contributed by atoms with E-state index in [0.717, 1.165) is 42.7 Å². The lowest BCUT2D eigenvalue weighted by Crippen LogP contribution is -2.30. The summed E-state index contributed by atoms with van der Waals surface area (Å²) >= 11 is 6.03. The molecule has 4 nitrogen and oxygen atoms in total. The van der Waals surface area contributed by atoms with E-state index in [1.54, 1.807) is 0 Å². The molecule has 0 aliphatic heterocycles. The maximum atomic E-state index is 9.90. The highest BCUT2D eigenvalue weighted by Gasteiger charge is 2.25. The van der Waals surface area contributed by atoms with Gasteiger partial charge in [-0.25, -0.2) is 4.98 Å². The monoisotopic (exact) mass is 307 g/mol. The van der Waals surface area contributed by atoms with Gasteiger partial charge in [-0.3, -0.25) is 0 Å². The highest BCUT2D eigenvalue weighted by atomic mass is 35.5. The van der Waals surface area contributed by atoms with Crippen LogP contribution in [0.25, 0.3) is 11.0 Å². The molecule has 5 heteroatoms. The molecule has 1 aromatic heterocycles. The number of aliphatic hydroxyl groups excluding tert-OH is 1. The molecule has 0 radical (unpaired) electrons. The van der Waals surface area contributed by atoms with Gasteiger partial charge in [0.1, 0.15) is 5.82 Å². The fourth-order valence-electron chi connectivity index (χ4n) is 3.25. The zero-order chi connectivity index (χ0) is 15.0. The quantitative estimate of drug-likeness (QED) is 0.913. The van der Waals surface area contributed by atoms with Crippen LogP contribution in [0.2, 0.25) is 5.02 Å². The van der Waals surface area contributed by atoms with E-state index >= 15 is 0 Å². The third-order valence-electron chi connectivity index (χ3n) is 4.57. The van der Waals surface area contributed by atoms with Crippen LogP contribution in [0.4, 0.5) is 0 Å². The number of halogens is 1. The zero-order valence-electron chi connectivity index (χ0n) is 12.5. The number of hydrogen-bond donors (Lipinski definition) is 2. The minimum absolute atomic E-state index is 0.147. The summed E-state index contributed by atoms with van der Waals surface area (Å²) in [6.45, 7) is 2.95. The second kappa shape index (κ2) is 5.95. The summed E-state index contributed by atoms with van der Waals surface area (Å²) in [5.74, 6) is 1.37. The lowest BCUT2D eigenvalue weighted by Gasteiger charge is -2.19. The van der Waals surface area contributed by atoms with Gasteiger partial charge >= 0.3 is 0 Å². The molecule has 2 N–H and O–H groups in total. The van der Waals surface area contributed by atoms with Gasteiger partial charge in [-0.15, -0.1) is 0 Å². The summed E-state index contributed by atoms with van der Waals surface area (Å²) in [7, 11) is 2.03. The average molecular weight is 308 g/mol. The standard InChI is InChI=1S/C16H22ClN3O/c1-10(18-9-11-4-3-5-15(11)21)16-19-13-8-12(17)6-7-14(13)20(16)2/h6-8,10-11,15,18,21H,3-5,9H2,1-2H3/t10-,11+,15-/m0/s1. The van der Waals surface area contributed by atoms with Crippen molar-refractivity contribution in [3.8, 4) is 0 Å². The van der Waals surface area contributed by atoms with Crippen molar-refractivity contribution in [2.24, 2.45) is 13.0 Å². The van der Waals surface area contributed by atoms with E-state index in [9.17, 15) is 5.11 Å². The van der Waals surface area contributed by atoms with Gasteiger partial charge in [-0.05, 0) is 43.9 Å². The van der Waals surface area contributed by atoms with Crippen LogP contribution < -0.4 is 5.32 Å². The van der Waals surface area contributed by atoms with Gasteiger partial charge in [0.25, 0.3) is 0 Å².